The maximum absolute atomic E-state index is 13.1. The van der Waals surface area contributed by atoms with E-state index >= 15 is 0 Å². The average Bonchev–Trinajstić information content (AvgIpc) is 3.31. The van der Waals surface area contributed by atoms with Crippen LogP contribution in [0.3, 0.4) is 0 Å². The maximum Gasteiger partial charge on any atom is 0.262 e. The molecule has 5 rings (SSSR count). The zero-order chi connectivity index (χ0) is 24.4. The molecule has 0 aliphatic rings. The molecule has 1 amide bonds. The fraction of sp³-hybridized carbons (Fsp3) is 0.107. The second-order valence-corrected chi connectivity index (χ2v) is 8.74. The van der Waals surface area contributed by atoms with Gasteiger partial charge in [-0.1, -0.05) is 54.6 Å². The van der Waals surface area contributed by atoms with Crippen molar-refractivity contribution in [3.8, 4) is 0 Å². The van der Waals surface area contributed by atoms with Crippen molar-refractivity contribution in [1.29, 1.82) is 0 Å². The normalized spacial score (nSPS) is 12.0. The zero-order valence-corrected chi connectivity index (χ0v) is 19.8. The second-order valence-electron chi connectivity index (χ2n) is 8.36. The molecule has 3 N–H and O–H groups in total. The summed E-state index contributed by atoms with van der Waals surface area (Å²) >= 11 is 5.32. The Balaban J connectivity index is 1.45. The Hall–Kier alpha value is -4.23. The molecule has 0 aliphatic heterocycles. The van der Waals surface area contributed by atoms with Crippen molar-refractivity contribution in [3.05, 3.63) is 123 Å². The van der Waals surface area contributed by atoms with E-state index in [0.717, 1.165) is 22.0 Å². The molecule has 0 radical (unpaired) electrons. The number of carbonyl (C=O) groups is 1. The first-order valence-corrected chi connectivity index (χ1v) is 11.7. The number of amides is 1. The van der Waals surface area contributed by atoms with E-state index in [1.165, 1.54) is 4.57 Å². The van der Waals surface area contributed by atoms with Gasteiger partial charge in [0, 0.05) is 41.7 Å². The largest absolute Gasteiger partial charge is 0.361 e. The highest BCUT2D eigenvalue weighted by Crippen LogP contribution is 2.30. The van der Waals surface area contributed by atoms with Gasteiger partial charge >= 0.3 is 0 Å². The summed E-state index contributed by atoms with van der Waals surface area (Å²) in [5.41, 5.74) is 4.07. The summed E-state index contributed by atoms with van der Waals surface area (Å²) in [5.74, 6) is -0.254. The summed E-state index contributed by atoms with van der Waals surface area (Å²) in [6, 6.07) is 23.3. The Morgan fingerprint density at radius 2 is 1.80 bits per heavy atom. The van der Waals surface area contributed by atoms with E-state index in [0.29, 0.717) is 34.3 Å². The Morgan fingerprint density at radius 1 is 1.03 bits per heavy atom. The first-order chi connectivity index (χ1) is 17.1. The number of rotatable bonds is 7. The fourth-order valence-corrected chi connectivity index (χ4v) is 4.73. The average molecular weight is 481 g/mol. The third-order valence-electron chi connectivity index (χ3n) is 6.22. The van der Waals surface area contributed by atoms with Crippen LogP contribution in [0.2, 0.25) is 0 Å². The molecule has 0 spiro atoms. The van der Waals surface area contributed by atoms with E-state index in [4.69, 9.17) is 12.2 Å². The molecule has 174 valence electrons. The SMILES string of the molecule is C=CCn1c(=S)[nH]c2cc(C(=O)NCC(c3ccccc3)c3c[nH]c4ccccc34)ccc2c1=O. The van der Waals surface area contributed by atoms with Crippen molar-refractivity contribution in [2.24, 2.45) is 0 Å². The van der Waals surface area contributed by atoms with Crippen molar-refractivity contribution in [1.82, 2.24) is 19.9 Å². The van der Waals surface area contributed by atoms with Gasteiger partial charge in [-0.15, -0.1) is 6.58 Å². The van der Waals surface area contributed by atoms with Gasteiger partial charge in [-0.2, -0.15) is 0 Å². The van der Waals surface area contributed by atoms with Crippen molar-refractivity contribution >= 4 is 39.9 Å². The number of hydrogen-bond donors (Lipinski definition) is 3. The fourth-order valence-electron chi connectivity index (χ4n) is 4.46. The van der Waals surface area contributed by atoms with Gasteiger partial charge in [-0.25, -0.2) is 0 Å². The highest BCUT2D eigenvalue weighted by Gasteiger charge is 2.19. The molecule has 0 saturated carbocycles. The molecule has 2 heterocycles. The van der Waals surface area contributed by atoms with E-state index in [-0.39, 0.29) is 17.4 Å². The lowest BCUT2D eigenvalue weighted by Gasteiger charge is -2.18. The van der Waals surface area contributed by atoms with Crippen LogP contribution in [0.4, 0.5) is 0 Å². The number of fused-ring (bicyclic) bond motifs is 2. The topological polar surface area (TPSA) is 82.7 Å². The Morgan fingerprint density at radius 3 is 2.60 bits per heavy atom. The smallest absolute Gasteiger partial charge is 0.262 e. The Labute approximate surface area is 206 Å². The van der Waals surface area contributed by atoms with Crippen LogP contribution in [0.5, 0.6) is 0 Å². The molecule has 2 aromatic heterocycles. The molecule has 5 aromatic rings. The highest BCUT2D eigenvalue weighted by molar-refractivity contribution is 7.71. The minimum atomic E-state index is -0.220. The number of aromatic nitrogens is 3. The number of nitrogens with one attached hydrogen (secondary N) is 3. The lowest BCUT2D eigenvalue weighted by molar-refractivity contribution is 0.0952. The maximum atomic E-state index is 13.1. The molecule has 0 saturated heterocycles. The minimum absolute atomic E-state index is 0.0336. The number of allylic oxidation sites excluding steroid dienone is 1. The predicted octanol–water partition coefficient (Wildman–Crippen LogP) is 5.29. The second kappa shape index (κ2) is 9.56. The molecule has 1 unspecified atom stereocenters. The first-order valence-electron chi connectivity index (χ1n) is 11.3. The summed E-state index contributed by atoms with van der Waals surface area (Å²) in [4.78, 5) is 32.3. The lowest BCUT2D eigenvalue weighted by atomic mass is 9.91. The van der Waals surface area contributed by atoms with Crippen LogP contribution in [-0.4, -0.2) is 27.0 Å². The summed E-state index contributed by atoms with van der Waals surface area (Å²) in [5, 5.41) is 4.69. The lowest BCUT2D eigenvalue weighted by Crippen LogP contribution is -2.29. The van der Waals surface area contributed by atoms with Gasteiger partial charge in [0.2, 0.25) is 0 Å². The number of aromatic amines is 2. The number of nitrogens with zero attached hydrogens (tertiary/aromatic N) is 1. The molecule has 0 fully saturated rings. The first kappa shape index (κ1) is 22.6. The zero-order valence-electron chi connectivity index (χ0n) is 19.0. The van der Waals surface area contributed by atoms with Crippen molar-refractivity contribution in [2.75, 3.05) is 6.54 Å². The van der Waals surface area contributed by atoms with Crippen LogP contribution in [0.15, 0.2) is 96.4 Å². The van der Waals surface area contributed by atoms with E-state index in [1.54, 1.807) is 24.3 Å². The molecular formula is C28H24N4O2S. The Kier molecular flexibility index (Phi) is 6.16. The van der Waals surface area contributed by atoms with Crippen LogP contribution in [0.1, 0.15) is 27.4 Å². The predicted molar refractivity (Wildman–Crippen MR) is 143 cm³/mol. The number of hydrogen-bond acceptors (Lipinski definition) is 3. The molecule has 0 aliphatic carbocycles. The quantitative estimate of drug-likeness (QED) is 0.219. The molecule has 6 nitrogen and oxygen atoms in total. The summed E-state index contributed by atoms with van der Waals surface area (Å²) in [7, 11) is 0. The van der Waals surface area contributed by atoms with E-state index in [1.807, 2.05) is 42.6 Å². The van der Waals surface area contributed by atoms with Gasteiger partial charge in [0.25, 0.3) is 11.5 Å². The standard InChI is InChI=1S/C28H24N4O2S/c1-2-14-32-27(34)21-13-12-19(15-25(21)31-28(32)35)26(33)30-16-22(18-8-4-3-5-9-18)23-17-29-24-11-7-6-10-20(23)24/h2-13,15,17,22,29H,1,14,16H2,(H,30,33)(H,31,35). The van der Waals surface area contributed by atoms with Crippen LogP contribution in [-0.2, 0) is 6.54 Å². The van der Waals surface area contributed by atoms with Gasteiger partial charge < -0.3 is 15.3 Å². The molecule has 1 atom stereocenters. The molecule has 0 bridgehead atoms. The van der Waals surface area contributed by atoms with Crippen LogP contribution < -0.4 is 10.9 Å². The molecule has 7 heteroatoms. The highest BCUT2D eigenvalue weighted by atomic mass is 32.1. The van der Waals surface area contributed by atoms with Crippen molar-refractivity contribution < 1.29 is 4.79 Å². The summed E-state index contributed by atoms with van der Waals surface area (Å²) in [6.45, 7) is 4.41. The van der Waals surface area contributed by atoms with E-state index < -0.39 is 0 Å². The molecule has 3 aromatic carbocycles. The van der Waals surface area contributed by atoms with Crippen LogP contribution >= 0.6 is 12.2 Å². The van der Waals surface area contributed by atoms with Crippen LogP contribution in [0.25, 0.3) is 21.8 Å². The van der Waals surface area contributed by atoms with Gasteiger partial charge in [0.1, 0.15) is 0 Å². The van der Waals surface area contributed by atoms with E-state index in [2.05, 4.69) is 40.1 Å². The monoisotopic (exact) mass is 480 g/mol. The van der Waals surface area contributed by atoms with Gasteiger partial charge in [-0.3, -0.25) is 14.2 Å². The number of para-hydroxylation sites is 1. The van der Waals surface area contributed by atoms with Crippen LogP contribution in [0, 0.1) is 4.77 Å². The van der Waals surface area contributed by atoms with Gasteiger partial charge in [0.15, 0.2) is 4.77 Å². The third-order valence-corrected chi connectivity index (χ3v) is 6.54. The third kappa shape index (κ3) is 4.34. The minimum Gasteiger partial charge on any atom is -0.361 e. The van der Waals surface area contributed by atoms with Crippen molar-refractivity contribution in [3.63, 3.8) is 0 Å². The van der Waals surface area contributed by atoms with Gasteiger partial charge in [-0.05, 0) is 47.6 Å². The number of benzene rings is 3. The van der Waals surface area contributed by atoms with E-state index in [9.17, 15) is 9.59 Å². The molecular weight excluding hydrogens is 456 g/mol. The summed E-state index contributed by atoms with van der Waals surface area (Å²) < 4.78 is 1.74. The van der Waals surface area contributed by atoms with Crippen molar-refractivity contribution in [2.45, 2.75) is 12.5 Å². The number of H-pyrrole nitrogens is 2. The summed E-state index contributed by atoms with van der Waals surface area (Å²) in [6.07, 6.45) is 3.63. The number of carbonyl (C=O) groups excluding carboxylic acids is 1. The molecule has 35 heavy (non-hydrogen) atoms. The van der Waals surface area contributed by atoms with Gasteiger partial charge in [0.05, 0.1) is 10.9 Å². The Bertz CT molecular complexity index is 1660.